The standard InChI is InChI=1S/C16H26.C4H8O2.C2H6.2C2H4/c1-3-8-13(4-2)15-12-7-10-14-9-5-6-11-16(14)15;1-2-3-4(5)6;3*1-2/h7,9-10,13,15-16H,3-6,8,11-12H2,1-2H3;2-3H2,1H3,(H,5,6);1-2H3;2*1-2H2/t13?,15-,16?;;;;/m1..../s1. The van der Waals surface area contributed by atoms with Crippen LogP contribution in [-0.2, 0) is 4.79 Å². The third kappa shape index (κ3) is 13.6. The molecule has 0 heterocycles. The third-order valence-electron chi connectivity index (χ3n) is 5.02. The van der Waals surface area contributed by atoms with E-state index in [2.05, 4.69) is 58.4 Å². The molecule has 0 spiro atoms. The number of allylic oxidation sites excluding steroid dienone is 4. The van der Waals surface area contributed by atoms with Crippen molar-refractivity contribution < 1.29 is 9.90 Å². The van der Waals surface area contributed by atoms with Crippen LogP contribution in [0.2, 0.25) is 0 Å². The number of hydrogen-bond acceptors (Lipinski definition) is 1. The molecule has 28 heavy (non-hydrogen) atoms. The molecule has 0 amide bonds. The van der Waals surface area contributed by atoms with Crippen LogP contribution in [0.5, 0.6) is 0 Å². The highest BCUT2D eigenvalue weighted by Crippen LogP contribution is 2.42. The van der Waals surface area contributed by atoms with Crippen LogP contribution in [-0.4, -0.2) is 11.1 Å². The Balaban J connectivity index is -0.000000440. The van der Waals surface area contributed by atoms with Gasteiger partial charge in [-0.15, -0.1) is 26.3 Å². The minimum absolute atomic E-state index is 0.292. The van der Waals surface area contributed by atoms with Crippen molar-refractivity contribution in [1.29, 1.82) is 0 Å². The van der Waals surface area contributed by atoms with Crippen molar-refractivity contribution >= 4 is 5.97 Å². The van der Waals surface area contributed by atoms with Gasteiger partial charge < -0.3 is 5.11 Å². The number of hydrogen-bond donors (Lipinski definition) is 1. The zero-order valence-corrected chi connectivity index (χ0v) is 19.5. The van der Waals surface area contributed by atoms with Gasteiger partial charge >= 0.3 is 5.97 Å². The minimum atomic E-state index is -0.711. The lowest BCUT2D eigenvalue weighted by molar-refractivity contribution is -0.137. The smallest absolute Gasteiger partial charge is 0.303 e. The first-order valence-electron chi connectivity index (χ1n) is 11.2. The van der Waals surface area contributed by atoms with Crippen LogP contribution in [0.25, 0.3) is 0 Å². The molecule has 2 heteroatoms. The van der Waals surface area contributed by atoms with E-state index in [1.165, 1.54) is 44.9 Å². The van der Waals surface area contributed by atoms with E-state index in [0.29, 0.717) is 6.42 Å². The fourth-order valence-electron chi connectivity index (χ4n) is 3.93. The molecule has 2 unspecified atom stereocenters. The SMILES string of the molecule is C=C.C=C.CC.CCCC(=O)O.CCCC(CC)[C@H]1CC=CC2=CCCCC21. The van der Waals surface area contributed by atoms with Crippen LogP contribution in [0.1, 0.15) is 92.4 Å². The summed E-state index contributed by atoms with van der Waals surface area (Å²) in [5.74, 6) is 2.09. The molecule has 0 aliphatic heterocycles. The van der Waals surface area contributed by atoms with E-state index in [-0.39, 0.29) is 0 Å². The molecule has 0 fully saturated rings. The molecule has 1 N–H and O–H groups in total. The van der Waals surface area contributed by atoms with E-state index in [1.54, 1.807) is 5.57 Å². The van der Waals surface area contributed by atoms with E-state index in [0.717, 1.165) is 24.2 Å². The van der Waals surface area contributed by atoms with Crippen LogP contribution in [0.4, 0.5) is 0 Å². The Morgan fingerprint density at radius 2 is 1.75 bits per heavy atom. The summed E-state index contributed by atoms with van der Waals surface area (Å²) in [7, 11) is 0. The summed E-state index contributed by atoms with van der Waals surface area (Å²) in [6.45, 7) is 22.6. The lowest BCUT2D eigenvalue weighted by Crippen LogP contribution is -2.27. The first-order chi connectivity index (χ1) is 13.6. The van der Waals surface area contributed by atoms with Gasteiger partial charge in [-0.2, -0.15) is 0 Å². The van der Waals surface area contributed by atoms with E-state index in [4.69, 9.17) is 5.11 Å². The quantitative estimate of drug-likeness (QED) is 0.459. The molecule has 2 rings (SSSR count). The Hall–Kier alpha value is -1.57. The highest BCUT2D eigenvalue weighted by molar-refractivity contribution is 5.66. The molecule has 164 valence electrons. The van der Waals surface area contributed by atoms with E-state index >= 15 is 0 Å². The first kappa shape index (κ1) is 31.1. The molecule has 0 saturated carbocycles. The van der Waals surface area contributed by atoms with Gasteiger partial charge in [0, 0.05) is 6.42 Å². The van der Waals surface area contributed by atoms with Crippen LogP contribution < -0.4 is 0 Å². The minimum Gasteiger partial charge on any atom is -0.481 e. The summed E-state index contributed by atoms with van der Waals surface area (Å²) in [4.78, 5) is 9.60. The third-order valence-corrected chi connectivity index (χ3v) is 5.02. The Bertz CT molecular complexity index is 407. The average molecular weight is 393 g/mol. The molecule has 0 bridgehead atoms. The van der Waals surface area contributed by atoms with E-state index in [9.17, 15) is 4.79 Å². The molecular weight excluding hydrogens is 344 g/mol. The van der Waals surface area contributed by atoms with Gasteiger partial charge in [-0.3, -0.25) is 4.79 Å². The van der Waals surface area contributed by atoms with Crippen molar-refractivity contribution in [3.8, 4) is 0 Å². The lowest BCUT2D eigenvalue weighted by atomic mass is 9.67. The number of aliphatic carboxylic acids is 1. The monoisotopic (exact) mass is 392 g/mol. The Morgan fingerprint density at radius 3 is 2.18 bits per heavy atom. The maximum atomic E-state index is 9.60. The molecule has 0 aromatic carbocycles. The maximum Gasteiger partial charge on any atom is 0.303 e. The summed E-state index contributed by atoms with van der Waals surface area (Å²) in [6.07, 6.45) is 18.0. The normalized spacial score (nSPS) is 19.8. The predicted octanol–water partition coefficient (Wildman–Crippen LogP) is 8.62. The summed E-state index contributed by atoms with van der Waals surface area (Å²) in [5, 5.41) is 7.91. The molecule has 2 nitrogen and oxygen atoms in total. The maximum absolute atomic E-state index is 9.60. The highest BCUT2D eigenvalue weighted by atomic mass is 16.4. The second kappa shape index (κ2) is 23.5. The topological polar surface area (TPSA) is 37.3 Å². The lowest BCUT2D eigenvalue weighted by Gasteiger charge is -2.38. The van der Waals surface area contributed by atoms with Crippen LogP contribution >= 0.6 is 0 Å². The fourth-order valence-corrected chi connectivity index (χ4v) is 3.93. The van der Waals surface area contributed by atoms with Crippen molar-refractivity contribution in [2.45, 2.75) is 92.4 Å². The van der Waals surface area contributed by atoms with Crippen molar-refractivity contribution in [3.63, 3.8) is 0 Å². The van der Waals surface area contributed by atoms with Crippen molar-refractivity contribution in [3.05, 3.63) is 50.1 Å². The zero-order valence-electron chi connectivity index (χ0n) is 19.5. The first-order valence-corrected chi connectivity index (χ1v) is 11.2. The van der Waals surface area contributed by atoms with Crippen molar-refractivity contribution in [1.82, 2.24) is 0 Å². The Labute approximate surface area is 176 Å². The molecule has 0 aromatic rings. The average Bonchev–Trinajstić information content (AvgIpc) is 2.76. The van der Waals surface area contributed by atoms with E-state index < -0.39 is 5.97 Å². The Kier molecular flexibility index (Phi) is 26.1. The van der Waals surface area contributed by atoms with Gasteiger partial charge in [0.2, 0.25) is 0 Å². The summed E-state index contributed by atoms with van der Waals surface area (Å²) in [6, 6.07) is 0. The second-order valence-electron chi connectivity index (χ2n) is 6.64. The van der Waals surface area contributed by atoms with Gasteiger partial charge in [-0.1, -0.05) is 72.1 Å². The fraction of sp³-hybridized carbons (Fsp3) is 0.654. The Morgan fingerprint density at radius 1 is 1.14 bits per heavy atom. The van der Waals surface area contributed by atoms with Crippen molar-refractivity contribution in [2.75, 3.05) is 0 Å². The molecule has 2 aliphatic carbocycles. The summed E-state index contributed by atoms with van der Waals surface area (Å²) >= 11 is 0. The van der Waals surface area contributed by atoms with E-state index in [1.807, 2.05) is 20.8 Å². The molecule has 0 aromatic heterocycles. The number of carbonyl (C=O) groups is 1. The highest BCUT2D eigenvalue weighted by Gasteiger charge is 2.31. The number of fused-ring (bicyclic) bond motifs is 1. The van der Waals surface area contributed by atoms with Crippen LogP contribution in [0.3, 0.4) is 0 Å². The van der Waals surface area contributed by atoms with Gasteiger partial charge in [0.1, 0.15) is 0 Å². The summed E-state index contributed by atoms with van der Waals surface area (Å²) in [5.41, 5.74) is 1.66. The molecule has 2 aliphatic rings. The molecule has 3 atom stereocenters. The molecule has 0 saturated heterocycles. The zero-order chi connectivity index (χ0) is 22.4. The van der Waals surface area contributed by atoms with Gasteiger partial charge in [-0.25, -0.2) is 0 Å². The summed E-state index contributed by atoms with van der Waals surface area (Å²) < 4.78 is 0. The molecule has 0 radical (unpaired) electrons. The van der Waals surface area contributed by atoms with Crippen molar-refractivity contribution in [2.24, 2.45) is 17.8 Å². The number of carboxylic acid groups (broad SMARTS) is 1. The second-order valence-corrected chi connectivity index (χ2v) is 6.64. The van der Waals surface area contributed by atoms with Gasteiger partial charge in [0.15, 0.2) is 0 Å². The number of rotatable bonds is 6. The molecular formula is C26H48O2. The number of carboxylic acids is 1. The van der Waals surface area contributed by atoms with Gasteiger partial charge in [0.25, 0.3) is 0 Å². The predicted molar refractivity (Wildman–Crippen MR) is 128 cm³/mol. The van der Waals surface area contributed by atoms with Gasteiger partial charge in [0.05, 0.1) is 0 Å². The van der Waals surface area contributed by atoms with Crippen LogP contribution in [0, 0.1) is 17.8 Å². The largest absolute Gasteiger partial charge is 0.481 e. The van der Waals surface area contributed by atoms with Gasteiger partial charge in [-0.05, 0) is 55.4 Å². The van der Waals surface area contributed by atoms with Crippen LogP contribution in [0.15, 0.2) is 50.1 Å².